The summed E-state index contributed by atoms with van der Waals surface area (Å²) < 4.78 is 0. The molecule has 0 atom stereocenters. The van der Waals surface area contributed by atoms with Gasteiger partial charge >= 0.3 is 0 Å². The Morgan fingerprint density at radius 2 is 1.65 bits per heavy atom. The Balaban J connectivity index is 2.22. The first kappa shape index (κ1) is 14.1. The lowest BCUT2D eigenvalue weighted by Gasteiger charge is -2.18. The Morgan fingerprint density at radius 1 is 1.00 bits per heavy atom. The zero-order valence-corrected chi connectivity index (χ0v) is 12.0. The second kappa shape index (κ2) is 5.75. The van der Waals surface area contributed by atoms with Crippen molar-refractivity contribution >= 4 is 17.3 Å². The molecule has 4 heteroatoms. The van der Waals surface area contributed by atoms with Crippen molar-refractivity contribution in [1.82, 2.24) is 0 Å². The Kier molecular flexibility index (Phi) is 4.05. The van der Waals surface area contributed by atoms with E-state index in [9.17, 15) is 4.79 Å². The second-order valence-electron chi connectivity index (χ2n) is 4.96. The maximum atomic E-state index is 12.3. The molecule has 0 aliphatic carbocycles. The van der Waals surface area contributed by atoms with E-state index in [4.69, 9.17) is 5.84 Å². The van der Waals surface area contributed by atoms with Crippen LogP contribution in [-0.4, -0.2) is 20.0 Å². The number of hydrogen-bond donors (Lipinski definition) is 1. The maximum Gasteiger partial charge on any atom is 0.272 e. The fraction of sp³-hybridized carbons (Fsp3) is 0.188. The lowest BCUT2D eigenvalue weighted by molar-refractivity contribution is 0.0987. The molecule has 4 nitrogen and oxygen atoms in total. The first-order valence-corrected chi connectivity index (χ1v) is 6.42. The molecular weight excluding hydrogens is 250 g/mol. The van der Waals surface area contributed by atoms with Gasteiger partial charge in [-0.25, -0.2) is 10.9 Å². The van der Waals surface area contributed by atoms with Crippen molar-refractivity contribution in [1.29, 1.82) is 0 Å². The molecule has 0 bridgehead atoms. The minimum absolute atomic E-state index is 0.221. The molecule has 2 aromatic rings. The van der Waals surface area contributed by atoms with Crippen LogP contribution in [0.4, 0.5) is 11.4 Å². The van der Waals surface area contributed by atoms with Crippen LogP contribution in [0.15, 0.2) is 48.5 Å². The van der Waals surface area contributed by atoms with E-state index in [0.29, 0.717) is 11.3 Å². The number of benzene rings is 2. The van der Waals surface area contributed by atoms with E-state index in [1.54, 1.807) is 12.1 Å². The highest BCUT2D eigenvalue weighted by Crippen LogP contribution is 2.17. The number of nitrogens with two attached hydrogens (primary N) is 1. The highest BCUT2D eigenvalue weighted by molar-refractivity contribution is 6.05. The van der Waals surface area contributed by atoms with Gasteiger partial charge < -0.3 is 4.90 Å². The molecule has 0 unspecified atom stereocenters. The van der Waals surface area contributed by atoms with Crippen molar-refractivity contribution in [2.75, 3.05) is 24.0 Å². The summed E-state index contributed by atoms with van der Waals surface area (Å²) in [7, 11) is 3.91. The van der Waals surface area contributed by atoms with Gasteiger partial charge in [-0.15, -0.1) is 0 Å². The summed E-state index contributed by atoms with van der Waals surface area (Å²) >= 11 is 0. The standard InChI is InChI=1S/C16H19N3O/c1-12-5-4-6-15(11-12)19(17)16(20)13-7-9-14(10-8-13)18(2)3/h4-11H,17H2,1-3H3. The highest BCUT2D eigenvalue weighted by Gasteiger charge is 2.14. The van der Waals surface area contributed by atoms with Gasteiger partial charge in [0.15, 0.2) is 0 Å². The zero-order chi connectivity index (χ0) is 14.7. The number of hydrazine groups is 1. The Bertz CT molecular complexity index is 605. The lowest BCUT2D eigenvalue weighted by atomic mass is 10.1. The van der Waals surface area contributed by atoms with E-state index in [0.717, 1.165) is 11.3 Å². The quantitative estimate of drug-likeness (QED) is 0.529. The van der Waals surface area contributed by atoms with Crippen LogP contribution in [0.3, 0.4) is 0 Å². The number of anilines is 2. The van der Waals surface area contributed by atoms with Gasteiger partial charge in [0.2, 0.25) is 0 Å². The third kappa shape index (κ3) is 2.97. The number of carbonyl (C=O) groups excluding carboxylic acids is 1. The van der Waals surface area contributed by atoms with Gasteiger partial charge in [0, 0.05) is 25.3 Å². The molecule has 2 N–H and O–H groups in total. The summed E-state index contributed by atoms with van der Waals surface area (Å²) in [5, 5.41) is 1.18. The Morgan fingerprint density at radius 3 is 2.20 bits per heavy atom. The second-order valence-corrected chi connectivity index (χ2v) is 4.96. The number of rotatable bonds is 3. The topological polar surface area (TPSA) is 49.6 Å². The molecule has 0 saturated heterocycles. The third-order valence-corrected chi connectivity index (χ3v) is 3.13. The minimum atomic E-state index is -0.221. The van der Waals surface area contributed by atoms with E-state index in [2.05, 4.69) is 0 Å². The van der Waals surface area contributed by atoms with Crippen LogP contribution in [-0.2, 0) is 0 Å². The van der Waals surface area contributed by atoms with Crippen LogP contribution in [0.2, 0.25) is 0 Å². The van der Waals surface area contributed by atoms with Crippen molar-refractivity contribution in [3.63, 3.8) is 0 Å². The molecule has 1 amide bonds. The highest BCUT2D eigenvalue weighted by atomic mass is 16.2. The molecule has 0 radical (unpaired) electrons. The van der Waals surface area contributed by atoms with Gasteiger partial charge in [-0.2, -0.15) is 0 Å². The van der Waals surface area contributed by atoms with Crippen molar-refractivity contribution in [2.24, 2.45) is 5.84 Å². The largest absolute Gasteiger partial charge is 0.378 e. The van der Waals surface area contributed by atoms with Gasteiger partial charge in [-0.3, -0.25) is 4.79 Å². The van der Waals surface area contributed by atoms with Gasteiger partial charge in [-0.05, 0) is 48.9 Å². The Labute approximate surface area is 119 Å². The molecule has 0 aliphatic heterocycles. The predicted molar refractivity (Wildman–Crippen MR) is 82.9 cm³/mol. The van der Waals surface area contributed by atoms with E-state index in [-0.39, 0.29) is 5.91 Å². The number of amides is 1. The molecule has 0 aliphatic rings. The summed E-state index contributed by atoms with van der Waals surface area (Å²) in [5.74, 6) is 5.69. The van der Waals surface area contributed by atoms with E-state index < -0.39 is 0 Å². The first-order chi connectivity index (χ1) is 9.49. The van der Waals surface area contributed by atoms with Gasteiger partial charge in [0.05, 0.1) is 5.69 Å². The van der Waals surface area contributed by atoms with Crippen LogP contribution < -0.4 is 15.8 Å². The summed E-state index contributed by atoms with van der Waals surface area (Å²) in [4.78, 5) is 14.3. The van der Waals surface area contributed by atoms with E-state index in [1.807, 2.05) is 62.3 Å². The third-order valence-electron chi connectivity index (χ3n) is 3.13. The van der Waals surface area contributed by atoms with E-state index in [1.165, 1.54) is 5.01 Å². The summed E-state index contributed by atoms with van der Waals surface area (Å²) in [6.45, 7) is 1.97. The molecule has 2 rings (SSSR count). The van der Waals surface area contributed by atoms with Gasteiger partial charge in [0.1, 0.15) is 0 Å². The molecular formula is C16H19N3O. The smallest absolute Gasteiger partial charge is 0.272 e. The average Bonchev–Trinajstić information content (AvgIpc) is 2.46. The number of aryl methyl sites for hydroxylation is 1. The van der Waals surface area contributed by atoms with Crippen molar-refractivity contribution < 1.29 is 4.79 Å². The van der Waals surface area contributed by atoms with E-state index >= 15 is 0 Å². The van der Waals surface area contributed by atoms with Crippen LogP contribution >= 0.6 is 0 Å². The molecule has 2 aromatic carbocycles. The molecule has 0 fully saturated rings. The average molecular weight is 269 g/mol. The molecule has 0 heterocycles. The Hall–Kier alpha value is -2.33. The molecule has 0 spiro atoms. The van der Waals surface area contributed by atoms with Crippen molar-refractivity contribution in [3.05, 3.63) is 59.7 Å². The zero-order valence-electron chi connectivity index (χ0n) is 12.0. The minimum Gasteiger partial charge on any atom is -0.378 e. The maximum absolute atomic E-state index is 12.3. The van der Waals surface area contributed by atoms with Gasteiger partial charge in [-0.1, -0.05) is 12.1 Å². The van der Waals surface area contributed by atoms with Crippen LogP contribution in [0.5, 0.6) is 0 Å². The molecule has 104 valence electrons. The number of hydrogen-bond acceptors (Lipinski definition) is 3. The van der Waals surface area contributed by atoms with Crippen LogP contribution in [0, 0.1) is 6.92 Å². The number of carbonyl (C=O) groups is 1. The van der Waals surface area contributed by atoms with Crippen LogP contribution in [0.1, 0.15) is 15.9 Å². The fourth-order valence-electron chi connectivity index (χ4n) is 1.94. The lowest BCUT2D eigenvalue weighted by Crippen LogP contribution is -2.37. The number of nitrogens with zero attached hydrogens (tertiary/aromatic N) is 2. The SMILES string of the molecule is Cc1cccc(N(N)C(=O)c2ccc(N(C)C)cc2)c1. The molecule has 0 aromatic heterocycles. The summed E-state index contributed by atoms with van der Waals surface area (Å²) in [6.07, 6.45) is 0. The first-order valence-electron chi connectivity index (χ1n) is 6.42. The monoisotopic (exact) mass is 269 g/mol. The van der Waals surface area contributed by atoms with Crippen molar-refractivity contribution in [3.8, 4) is 0 Å². The molecule has 20 heavy (non-hydrogen) atoms. The summed E-state index contributed by atoms with van der Waals surface area (Å²) in [6, 6.07) is 14.9. The summed E-state index contributed by atoms with van der Waals surface area (Å²) in [5.41, 5.74) is 3.36. The normalized spacial score (nSPS) is 10.2. The fourth-order valence-corrected chi connectivity index (χ4v) is 1.94. The molecule has 0 saturated carbocycles. The van der Waals surface area contributed by atoms with Crippen LogP contribution in [0.25, 0.3) is 0 Å². The predicted octanol–water partition coefficient (Wildman–Crippen LogP) is 2.58. The van der Waals surface area contributed by atoms with Crippen molar-refractivity contribution in [2.45, 2.75) is 6.92 Å². The van der Waals surface area contributed by atoms with Gasteiger partial charge in [0.25, 0.3) is 5.91 Å².